The monoisotopic (exact) mass is 803 g/mol. The van der Waals surface area contributed by atoms with Crippen LogP contribution < -0.4 is 24.8 Å². The number of hydrogen-bond donors (Lipinski definition) is 3. The fourth-order valence-electron chi connectivity index (χ4n) is 7.45. The SMILES string of the molecule is C=C[C@@H]1C[C@]1(NC(=O)[C@@H]1C[C@@H](Oc2cc(-c3ccccc3)nc3cc(OC)ccc23)CN1C(=O)[C@@H](NC(=O)OC1CCOC1)C(C)(C)C)C(=O)NS(=O)(=O)C1CC1. The zero-order valence-corrected chi connectivity index (χ0v) is 33.3. The standard InChI is InChI=1S/C41H49N5O10S/c1-6-25-21-41(25,38(49)45-57(51,52)29-13-14-29)44-36(47)33-19-28(22-46(33)37(48)35(40(2,3)4)43-39(50)56-27-16-17-54-23-27)55-34-20-31(24-10-8-7-9-11-24)42-32-18-26(53-5)12-15-30(32)34/h6-12,15,18,20,25,27-29,33,35H,1,13-14,16-17,19,21-23H2,2-5H3,(H,43,50)(H,44,47)(H,45,49)/t25-,27?,28-,33+,35-,41-/m1/s1. The minimum Gasteiger partial charge on any atom is -0.497 e. The average molecular weight is 804 g/mol. The Kier molecular flexibility index (Phi) is 11.0. The van der Waals surface area contributed by atoms with Crippen molar-refractivity contribution in [1.29, 1.82) is 0 Å². The van der Waals surface area contributed by atoms with Crippen LogP contribution in [0.4, 0.5) is 4.79 Å². The number of nitrogens with zero attached hydrogens (tertiary/aromatic N) is 2. The third kappa shape index (κ3) is 8.56. The molecule has 0 bridgehead atoms. The summed E-state index contributed by atoms with van der Waals surface area (Å²) in [6.07, 6.45) is 1.08. The number of carbonyl (C=O) groups excluding carboxylic acids is 4. The van der Waals surface area contributed by atoms with E-state index < -0.39 is 80.3 Å². The van der Waals surface area contributed by atoms with E-state index in [9.17, 15) is 27.6 Å². The fourth-order valence-corrected chi connectivity index (χ4v) is 8.82. The van der Waals surface area contributed by atoms with Crippen molar-refractivity contribution in [2.24, 2.45) is 11.3 Å². The van der Waals surface area contributed by atoms with Crippen LogP contribution in [0.5, 0.6) is 11.5 Å². The first-order chi connectivity index (χ1) is 27.1. The Morgan fingerprint density at radius 1 is 1.05 bits per heavy atom. The summed E-state index contributed by atoms with van der Waals surface area (Å²) in [6.45, 7) is 9.80. The van der Waals surface area contributed by atoms with Crippen molar-refractivity contribution in [3.8, 4) is 22.8 Å². The van der Waals surface area contributed by atoms with Crippen molar-refractivity contribution in [1.82, 2.24) is 25.2 Å². The van der Waals surface area contributed by atoms with Crippen molar-refractivity contribution < 1.29 is 46.5 Å². The molecule has 0 radical (unpaired) electrons. The molecule has 4 fully saturated rings. The minimum absolute atomic E-state index is 0.00969. The van der Waals surface area contributed by atoms with Crippen molar-refractivity contribution in [2.45, 2.75) is 88.0 Å². The summed E-state index contributed by atoms with van der Waals surface area (Å²) in [6, 6.07) is 14.5. The highest BCUT2D eigenvalue weighted by atomic mass is 32.2. The molecule has 7 rings (SSSR count). The maximum Gasteiger partial charge on any atom is 0.408 e. The molecule has 2 aliphatic carbocycles. The van der Waals surface area contributed by atoms with Crippen molar-refractivity contribution in [3.63, 3.8) is 0 Å². The quantitative estimate of drug-likeness (QED) is 0.213. The topological polar surface area (TPSA) is 192 Å². The van der Waals surface area contributed by atoms with Crippen LogP contribution in [0.15, 0.2) is 67.3 Å². The Morgan fingerprint density at radius 2 is 1.81 bits per heavy atom. The second-order valence-electron chi connectivity index (χ2n) is 16.3. The van der Waals surface area contributed by atoms with Gasteiger partial charge < -0.3 is 34.5 Å². The first-order valence-electron chi connectivity index (χ1n) is 19.2. The lowest BCUT2D eigenvalue weighted by molar-refractivity contribution is -0.143. The van der Waals surface area contributed by atoms with Gasteiger partial charge in [-0.05, 0) is 36.8 Å². The Labute approximate surface area is 331 Å². The van der Waals surface area contributed by atoms with Crippen LogP contribution in [0.3, 0.4) is 0 Å². The molecule has 6 atom stereocenters. The first-order valence-corrected chi connectivity index (χ1v) is 20.7. The number of pyridine rings is 1. The molecule has 2 saturated heterocycles. The van der Waals surface area contributed by atoms with Crippen LogP contribution in [0.25, 0.3) is 22.2 Å². The van der Waals surface area contributed by atoms with Crippen LogP contribution in [0.2, 0.25) is 0 Å². The third-order valence-corrected chi connectivity index (χ3v) is 12.8. The van der Waals surface area contributed by atoms with Gasteiger partial charge in [0.1, 0.15) is 41.3 Å². The number of fused-ring (bicyclic) bond motifs is 1. The number of amides is 4. The fraction of sp³-hybridized carbons (Fsp3) is 0.488. The van der Waals surface area contributed by atoms with Crippen LogP contribution in [0, 0.1) is 11.3 Å². The summed E-state index contributed by atoms with van der Waals surface area (Å²) in [7, 11) is -2.35. The van der Waals surface area contributed by atoms with Gasteiger partial charge in [-0.25, -0.2) is 18.2 Å². The Morgan fingerprint density at radius 3 is 2.44 bits per heavy atom. The van der Waals surface area contributed by atoms with Gasteiger partial charge in [-0.2, -0.15) is 0 Å². The maximum absolute atomic E-state index is 14.7. The second kappa shape index (κ2) is 15.6. The van der Waals surface area contributed by atoms with E-state index in [-0.39, 0.29) is 26.0 Å². The molecule has 2 saturated carbocycles. The Bertz CT molecular complexity index is 2170. The van der Waals surface area contributed by atoms with Crippen molar-refractivity contribution in [2.75, 3.05) is 26.9 Å². The molecule has 3 aromatic rings. The van der Waals surface area contributed by atoms with Gasteiger partial charge in [0.25, 0.3) is 5.91 Å². The van der Waals surface area contributed by atoms with Crippen LogP contribution in [-0.2, 0) is 33.9 Å². The van der Waals surface area contributed by atoms with E-state index in [0.717, 1.165) is 5.56 Å². The largest absolute Gasteiger partial charge is 0.497 e. The lowest BCUT2D eigenvalue weighted by Gasteiger charge is -2.35. The number of sulfonamides is 1. The molecule has 16 heteroatoms. The molecule has 3 heterocycles. The number of alkyl carbamates (subject to hydrolysis) is 1. The number of carbonyl (C=O) groups is 4. The van der Waals surface area contributed by atoms with Crippen LogP contribution in [0.1, 0.15) is 52.9 Å². The number of hydrogen-bond acceptors (Lipinski definition) is 11. The molecular formula is C41H49N5O10S. The summed E-state index contributed by atoms with van der Waals surface area (Å²) in [5.74, 6) is -1.57. The molecule has 57 heavy (non-hydrogen) atoms. The zero-order valence-electron chi connectivity index (χ0n) is 32.5. The molecular weight excluding hydrogens is 755 g/mol. The number of methoxy groups -OCH3 is 1. The van der Waals surface area contributed by atoms with E-state index in [1.54, 1.807) is 40.0 Å². The minimum atomic E-state index is -3.92. The number of likely N-dealkylation sites (tertiary alicyclic amines) is 1. The Hall–Kier alpha value is -5.22. The van der Waals surface area contributed by atoms with Gasteiger partial charge in [0.2, 0.25) is 21.8 Å². The zero-order chi connectivity index (χ0) is 40.7. The van der Waals surface area contributed by atoms with Gasteiger partial charge in [0, 0.05) is 41.8 Å². The molecule has 4 aliphatic rings. The number of nitrogens with one attached hydrogen (secondary N) is 3. The number of rotatable bonds is 13. The third-order valence-electron chi connectivity index (χ3n) is 11.0. The summed E-state index contributed by atoms with van der Waals surface area (Å²) in [4.78, 5) is 62.1. The second-order valence-corrected chi connectivity index (χ2v) is 18.2. The number of ether oxygens (including phenoxy) is 4. The van der Waals surface area contributed by atoms with E-state index in [4.69, 9.17) is 23.9 Å². The average Bonchev–Trinajstić information content (AvgIpc) is 4.06. The maximum atomic E-state index is 14.7. The molecule has 0 spiro atoms. The van der Waals surface area contributed by atoms with Gasteiger partial charge in [-0.15, -0.1) is 6.58 Å². The highest BCUT2D eigenvalue weighted by Crippen LogP contribution is 2.46. The van der Waals surface area contributed by atoms with Crippen molar-refractivity contribution >= 4 is 44.7 Å². The van der Waals surface area contributed by atoms with Crippen LogP contribution >= 0.6 is 0 Å². The molecule has 1 unspecified atom stereocenters. The Balaban J connectivity index is 1.20. The van der Waals surface area contributed by atoms with E-state index in [1.165, 1.54) is 11.0 Å². The predicted molar refractivity (Wildman–Crippen MR) is 210 cm³/mol. The lowest BCUT2D eigenvalue weighted by atomic mass is 9.85. The molecule has 2 aliphatic heterocycles. The molecule has 304 valence electrons. The highest BCUT2D eigenvalue weighted by Gasteiger charge is 2.62. The van der Waals surface area contributed by atoms with Crippen molar-refractivity contribution in [3.05, 3.63) is 67.3 Å². The summed E-state index contributed by atoms with van der Waals surface area (Å²) < 4.78 is 50.8. The molecule has 4 amide bonds. The van der Waals surface area contributed by atoms with Gasteiger partial charge in [-0.3, -0.25) is 19.1 Å². The van der Waals surface area contributed by atoms with Gasteiger partial charge in [-0.1, -0.05) is 57.2 Å². The number of benzene rings is 2. The van der Waals surface area contributed by atoms with Gasteiger partial charge in [0.15, 0.2) is 0 Å². The summed E-state index contributed by atoms with van der Waals surface area (Å²) in [5, 5.41) is 5.57. The highest BCUT2D eigenvalue weighted by molar-refractivity contribution is 7.91. The van der Waals surface area contributed by atoms with E-state index >= 15 is 0 Å². The predicted octanol–water partition coefficient (Wildman–Crippen LogP) is 3.86. The molecule has 3 N–H and O–H groups in total. The lowest BCUT2D eigenvalue weighted by Crippen LogP contribution is -2.60. The smallest absolute Gasteiger partial charge is 0.408 e. The molecule has 1 aromatic heterocycles. The summed E-state index contributed by atoms with van der Waals surface area (Å²) >= 11 is 0. The van der Waals surface area contributed by atoms with Gasteiger partial charge in [0.05, 0.1) is 43.3 Å². The van der Waals surface area contributed by atoms with E-state index in [1.807, 2.05) is 42.5 Å². The molecule has 2 aromatic carbocycles. The van der Waals surface area contributed by atoms with Gasteiger partial charge >= 0.3 is 6.09 Å². The normalized spacial score (nSPS) is 24.9. The first kappa shape index (κ1) is 40.0. The van der Waals surface area contributed by atoms with Crippen LogP contribution in [-0.4, -0.2) is 104 Å². The summed E-state index contributed by atoms with van der Waals surface area (Å²) in [5.41, 5.74) is -0.332. The molecule has 15 nitrogen and oxygen atoms in total. The van der Waals surface area contributed by atoms with E-state index in [0.29, 0.717) is 54.0 Å². The number of aromatic nitrogens is 1. The van der Waals surface area contributed by atoms with E-state index in [2.05, 4.69) is 21.9 Å².